The van der Waals surface area contributed by atoms with Gasteiger partial charge in [0, 0.05) is 6.61 Å². The molecular formula is C30H48F2O2. The van der Waals surface area contributed by atoms with Crippen LogP contribution in [0.1, 0.15) is 103 Å². The quantitative estimate of drug-likeness (QED) is 0.325. The lowest BCUT2D eigenvalue weighted by Gasteiger charge is -2.41. The molecule has 4 fully saturated rings. The summed E-state index contributed by atoms with van der Waals surface area (Å²) in [7, 11) is 0. The third-order valence-corrected chi connectivity index (χ3v) is 9.57. The number of rotatable bonds is 8. The molecule has 3 saturated carbocycles. The zero-order chi connectivity index (χ0) is 23.8. The van der Waals surface area contributed by atoms with Crippen LogP contribution < -0.4 is 0 Å². The largest absolute Gasteiger partial charge is 0.376 e. The third kappa shape index (κ3) is 7.88. The van der Waals surface area contributed by atoms with Gasteiger partial charge in [-0.1, -0.05) is 19.1 Å². The summed E-state index contributed by atoms with van der Waals surface area (Å²) in [5.74, 6) is 4.39. The average Bonchev–Trinajstić information content (AvgIpc) is 2.87. The molecule has 1 saturated heterocycles. The van der Waals surface area contributed by atoms with Gasteiger partial charge in [-0.2, -0.15) is 8.78 Å². The number of halogens is 2. The Morgan fingerprint density at radius 2 is 1.24 bits per heavy atom. The van der Waals surface area contributed by atoms with Crippen molar-refractivity contribution >= 4 is 0 Å². The summed E-state index contributed by atoms with van der Waals surface area (Å²) in [4.78, 5) is 0. The van der Waals surface area contributed by atoms with E-state index >= 15 is 0 Å². The van der Waals surface area contributed by atoms with Crippen molar-refractivity contribution in [2.45, 2.75) is 115 Å². The highest BCUT2D eigenvalue weighted by Gasteiger charge is 2.34. The lowest BCUT2D eigenvalue weighted by molar-refractivity contribution is -0.0710. The third-order valence-electron chi connectivity index (χ3n) is 9.57. The minimum Gasteiger partial charge on any atom is -0.376 e. The Labute approximate surface area is 206 Å². The molecule has 0 aromatic carbocycles. The monoisotopic (exact) mass is 478 g/mol. The van der Waals surface area contributed by atoms with E-state index in [9.17, 15) is 8.78 Å². The van der Waals surface area contributed by atoms with Crippen LogP contribution in [-0.4, -0.2) is 25.4 Å². The topological polar surface area (TPSA) is 18.5 Å². The standard InChI is InChI=1S/C30H48F2O2/c1-2-19-33-29-18-17-28(34-21-29)16-7-22-3-8-24(9-4-22)26-12-14-27(15-13-26)25-10-5-23(6-11-25)20-30(31)32/h7,16,20,22-29H,2-6,8-15,17-19,21H2,1H3. The Morgan fingerprint density at radius 3 is 1.71 bits per heavy atom. The lowest BCUT2D eigenvalue weighted by Crippen LogP contribution is -2.31. The first-order chi connectivity index (χ1) is 16.6. The summed E-state index contributed by atoms with van der Waals surface area (Å²) in [6.07, 6.45) is 23.8. The summed E-state index contributed by atoms with van der Waals surface area (Å²) in [5.41, 5.74) is 0. The van der Waals surface area contributed by atoms with E-state index in [1.165, 1.54) is 70.3 Å². The van der Waals surface area contributed by atoms with Crippen LogP contribution in [0.4, 0.5) is 8.78 Å². The van der Waals surface area contributed by atoms with Gasteiger partial charge in [-0.3, -0.25) is 0 Å². The molecule has 4 heteroatoms. The minimum absolute atomic E-state index is 0.128. The van der Waals surface area contributed by atoms with E-state index in [0.717, 1.165) is 74.9 Å². The van der Waals surface area contributed by atoms with Crippen LogP contribution in [0.3, 0.4) is 0 Å². The molecule has 2 unspecified atom stereocenters. The highest BCUT2D eigenvalue weighted by atomic mass is 19.3. The molecule has 0 amide bonds. The van der Waals surface area contributed by atoms with Gasteiger partial charge >= 0.3 is 0 Å². The Morgan fingerprint density at radius 1 is 0.706 bits per heavy atom. The molecule has 4 rings (SSSR count). The molecule has 0 radical (unpaired) electrons. The first-order valence-electron chi connectivity index (χ1n) is 14.5. The highest BCUT2D eigenvalue weighted by molar-refractivity contribution is 4.98. The molecule has 0 spiro atoms. The van der Waals surface area contributed by atoms with Crippen molar-refractivity contribution in [2.75, 3.05) is 13.2 Å². The molecule has 2 nitrogen and oxygen atoms in total. The van der Waals surface area contributed by atoms with Crippen LogP contribution in [0.25, 0.3) is 0 Å². The summed E-state index contributed by atoms with van der Waals surface area (Å²) in [5, 5.41) is 0. The molecular weight excluding hydrogens is 430 g/mol. The smallest absolute Gasteiger partial charge is 0.266 e. The fraction of sp³-hybridized carbons (Fsp3) is 0.867. The normalized spacial score (nSPS) is 39.7. The van der Waals surface area contributed by atoms with E-state index in [0.29, 0.717) is 6.10 Å². The van der Waals surface area contributed by atoms with Crippen molar-refractivity contribution in [2.24, 2.45) is 35.5 Å². The molecule has 194 valence electrons. The van der Waals surface area contributed by atoms with E-state index in [4.69, 9.17) is 9.47 Å². The van der Waals surface area contributed by atoms with Crippen molar-refractivity contribution in [3.8, 4) is 0 Å². The van der Waals surface area contributed by atoms with E-state index in [1.807, 2.05) is 0 Å². The fourth-order valence-corrected chi connectivity index (χ4v) is 7.45. The summed E-state index contributed by atoms with van der Waals surface area (Å²) < 4.78 is 36.9. The number of hydrogen-bond donors (Lipinski definition) is 0. The van der Waals surface area contributed by atoms with Gasteiger partial charge in [0.2, 0.25) is 0 Å². The highest BCUT2D eigenvalue weighted by Crippen LogP contribution is 2.46. The Kier molecular flexibility index (Phi) is 10.5. The molecule has 2 atom stereocenters. The predicted molar refractivity (Wildman–Crippen MR) is 135 cm³/mol. The van der Waals surface area contributed by atoms with Crippen molar-refractivity contribution < 1.29 is 18.3 Å². The van der Waals surface area contributed by atoms with E-state index in [1.54, 1.807) is 0 Å². The fourth-order valence-electron chi connectivity index (χ4n) is 7.45. The second kappa shape index (κ2) is 13.5. The summed E-state index contributed by atoms with van der Waals surface area (Å²) >= 11 is 0. The van der Waals surface area contributed by atoms with Crippen LogP contribution in [0.15, 0.2) is 24.3 Å². The zero-order valence-electron chi connectivity index (χ0n) is 21.4. The van der Waals surface area contributed by atoms with Crippen molar-refractivity contribution in [1.29, 1.82) is 0 Å². The lowest BCUT2D eigenvalue weighted by atomic mass is 9.65. The van der Waals surface area contributed by atoms with Crippen LogP contribution in [0, 0.1) is 35.5 Å². The number of ether oxygens (including phenoxy) is 2. The van der Waals surface area contributed by atoms with Crippen LogP contribution in [-0.2, 0) is 9.47 Å². The predicted octanol–water partition coefficient (Wildman–Crippen LogP) is 8.72. The van der Waals surface area contributed by atoms with Gasteiger partial charge in [0.15, 0.2) is 0 Å². The van der Waals surface area contributed by atoms with Gasteiger partial charge < -0.3 is 9.47 Å². The first kappa shape index (κ1) is 26.3. The van der Waals surface area contributed by atoms with Crippen molar-refractivity contribution in [3.63, 3.8) is 0 Å². The maximum Gasteiger partial charge on any atom is 0.266 e. The molecule has 34 heavy (non-hydrogen) atoms. The SMILES string of the molecule is CCCOC1CCC(C=CC2CCC(C3CCC(C4CCC(C=C(F)F)CC4)CC3)CC2)OC1. The molecule has 0 aromatic heterocycles. The van der Waals surface area contributed by atoms with Crippen LogP contribution in [0.2, 0.25) is 0 Å². The van der Waals surface area contributed by atoms with Gasteiger partial charge in [0.1, 0.15) is 0 Å². The molecule has 4 aliphatic rings. The zero-order valence-corrected chi connectivity index (χ0v) is 21.4. The van der Waals surface area contributed by atoms with Gasteiger partial charge in [-0.15, -0.1) is 0 Å². The maximum atomic E-state index is 12.5. The van der Waals surface area contributed by atoms with Gasteiger partial charge in [-0.05, 0) is 138 Å². The molecule has 0 N–H and O–H groups in total. The molecule has 3 aliphatic carbocycles. The maximum absolute atomic E-state index is 12.5. The molecule has 1 aliphatic heterocycles. The van der Waals surface area contributed by atoms with E-state index < -0.39 is 6.08 Å². The van der Waals surface area contributed by atoms with E-state index in [2.05, 4.69) is 19.1 Å². The number of allylic oxidation sites excluding steroid dienone is 2. The van der Waals surface area contributed by atoms with Crippen molar-refractivity contribution in [1.82, 2.24) is 0 Å². The van der Waals surface area contributed by atoms with Gasteiger partial charge in [0.25, 0.3) is 6.08 Å². The minimum atomic E-state index is -1.48. The number of hydrogen-bond acceptors (Lipinski definition) is 2. The average molecular weight is 479 g/mol. The Hall–Kier alpha value is -0.740. The molecule has 0 aromatic rings. The van der Waals surface area contributed by atoms with Gasteiger partial charge in [-0.25, -0.2) is 0 Å². The molecule has 0 bridgehead atoms. The van der Waals surface area contributed by atoms with E-state index in [-0.39, 0.29) is 12.0 Å². The van der Waals surface area contributed by atoms with Crippen LogP contribution >= 0.6 is 0 Å². The second-order valence-electron chi connectivity index (χ2n) is 11.8. The summed E-state index contributed by atoms with van der Waals surface area (Å²) in [6, 6.07) is 0. The molecule has 1 heterocycles. The second-order valence-corrected chi connectivity index (χ2v) is 11.8. The Bertz CT molecular complexity index is 626. The summed E-state index contributed by atoms with van der Waals surface area (Å²) in [6.45, 7) is 3.75. The van der Waals surface area contributed by atoms with Gasteiger partial charge in [0.05, 0.1) is 18.8 Å². The first-order valence-corrected chi connectivity index (χ1v) is 14.5. The van der Waals surface area contributed by atoms with Crippen molar-refractivity contribution in [3.05, 3.63) is 24.3 Å². The Balaban J connectivity index is 1.10. The van der Waals surface area contributed by atoms with Crippen LogP contribution in [0.5, 0.6) is 0 Å².